The summed E-state index contributed by atoms with van der Waals surface area (Å²) in [6, 6.07) is 98.8. The highest BCUT2D eigenvalue weighted by Gasteiger charge is 2.51. The predicted molar refractivity (Wildman–Crippen MR) is 400 cm³/mol. The van der Waals surface area contributed by atoms with Gasteiger partial charge in [0, 0.05) is 73.4 Å². The highest BCUT2D eigenvalue weighted by atomic mass is 35.5. The lowest BCUT2D eigenvalue weighted by Gasteiger charge is -2.32. The van der Waals surface area contributed by atoms with Crippen molar-refractivity contribution < 1.29 is 10.7 Å². The Hall–Kier alpha value is -11.6. The van der Waals surface area contributed by atoms with Gasteiger partial charge in [-0.2, -0.15) is 20.2 Å². The van der Waals surface area contributed by atoms with Crippen molar-refractivity contribution in [3.8, 4) is 102 Å². The molecule has 0 unspecified atom stereocenters. The van der Waals surface area contributed by atoms with E-state index in [1.807, 2.05) is 133 Å². The molecule has 6 aromatic heterocycles. The largest absolute Gasteiger partial charge is 0.494 e. The van der Waals surface area contributed by atoms with Crippen LogP contribution < -0.4 is 5.46 Å². The molecular formula is C84H68BClN10O2. The summed E-state index contributed by atoms with van der Waals surface area (Å²) in [7, 11) is -0.371. The van der Waals surface area contributed by atoms with Crippen LogP contribution in [0.15, 0.2) is 291 Å². The fourth-order valence-electron chi connectivity index (χ4n) is 12.5. The molecule has 1 saturated heterocycles. The Bertz CT molecular complexity index is 5410. The normalized spacial score (nSPS) is 13.1. The second-order valence-electron chi connectivity index (χ2n) is 25.2. The van der Waals surface area contributed by atoms with Gasteiger partial charge in [-0.1, -0.05) is 279 Å². The molecule has 0 atom stereocenters. The summed E-state index contributed by atoms with van der Waals surface area (Å²) in [5.74, 6) is 3.09. The van der Waals surface area contributed by atoms with Crippen LogP contribution in [0.1, 0.15) is 40.2 Å². The van der Waals surface area contributed by atoms with Crippen LogP contribution in [0.3, 0.4) is 0 Å². The van der Waals surface area contributed by atoms with E-state index in [2.05, 4.69) is 223 Å². The number of hydrogen-bond acceptors (Lipinski definition) is 10. The van der Waals surface area contributed by atoms with Crippen molar-refractivity contribution in [1.82, 2.24) is 49.1 Å². The number of fused-ring (bicyclic) bond motifs is 6. The number of aromatic nitrogens is 10. The Morgan fingerprint density at radius 3 is 0.949 bits per heavy atom. The Morgan fingerprint density at radius 2 is 0.602 bits per heavy atom. The molecule has 1 fully saturated rings. The minimum absolute atomic E-state index is 0. The molecule has 7 heterocycles. The van der Waals surface area contributed by atoms with Crippen molar-refractivity contribution in [2.45, 2.75) is 52.7 Å². The summed E-state index contributed by atoms with van der Waals surface area (Å²) in [4.78, 5) is 27.4. The van der Waals surface area contributed by atoms with E-state index in [-0.39, 0.29) is 25.0 Å². The maximum atomic E-state index is 6.24. The zero-order chi connectivity index (χ0) is 66.9. The van der Waals surface area contributed by atoms with E-state index in [1.54, 1.807) is 0 Å². The van der Waals surface area contributed by atoms with Gasteiger partial charge in [0.15, 0.2) is 29.1 Å². The summed E-state index contributed by atoms with van der Waals surface area (Å²) in [6.45, 7) is 12.6. The van der Waals surface area contributed by atoms with Crippen LogP contribution in [0, 0.1) is 13.8 Å². The number of hydrogen-bond donors (Lipinski definition) is 0. The first-order valence-corrected chi connectivity index (χ1v) is 33.1. The first-order chi connectivity index (χ1) is 47.8. The third-order valence-electron chi connectivity index (χ3n) is 18.4. The molecule has 16 aromatic rings. The van der Waals surface area contributed by atoms with E-state index in [9.17, 15) is 0 Å². The molecular weight excluding hydrogens is 1230 g/mol. The molecule has 14 heteroatoms. The molecule has 12 nitrogen and oxygen atoms in total. The predicted octanol–water partition coefficient (Wildman–Crippen LogP) is 19.9. The summed E-state index contributed by atoms with van der Waals surface area (Å²) >= 11 is 5.99. The van der Waals surface area contributed by atoms with Gasteiger partial charge < -0.3 is 9.31 Å². The van der Waals surface area contributed by atoms with Crippen molar-refractivity contribution in [2.75, 3.05) is 0 Å². The topological polar surface area (TPSA) is 130 Å². The van der Waals surface area contributed by atoms with E-state index in [1.165, 1.54) is 27.1 Å². The van der Waals surface area contributed by atoms with Crippen molar-refractivity contribution in [2.24, 2.45) is 0 Å². The van der Waals surface area contributed by atoms with E-state index < -0.39 is 0 Å². The average molecular weight is 1300 g/mol. The number of benzene rings is 10. The van der Waals surface area contributed by atoms with E-state index in [0.717, 1.165) is 94.9 Å². The Labute approximate surface area is 575 Å². The lowest BCUT2D eigenvalue weighted by molar-refractivity contribution is 0.00578. The summed E-state index contributed by atoms with van der Waals surface area (Å²) in [5.41, 5.74) is 18.0. The van der Waals surface area contributed by atoms with E-state index >= 15 is 0 Å². The number of nitrogens with zero attached hydrogens (tertiary/aromatic N) is 10. The lowest BCUT2D eigenvalue weighted by atomic mass is 9.78. The van der Waals surface area contributed by atoms with E-state index in [4.69, 9.17) is 46.1 Å². The summed E-state index contributed by atoms with van der Waals surface area (Å²) in [6.07, 6.45) is 0. The van der Waals surface area contributed by atoms with Crippen molar-refractivity contribution in [3.05, 3.63) is 308 Å². The van der Waals surface area contributed by atoms with Crippen LogP contribution in [-0.4, -0.2) is 67.5 Å². The van der Waals surface area contributed by atoms with Crippen LogP contribution in [-0.2, 0) is 9.31 Å². The molecule has 98 heavy (non-hydrogen) atoms. The van der Waals surface area contributed by atoms with Gasteiger partial charge in [-0.15, -0.1) is 0 Å². The minimum atomic E-state index is -0.371. The highest BCUT2D eigenvalue weighted by Crippen LogP contribution is 2.40. The average Bonchev–Trinajstić information content (AvgIpc) is 1.61. The molecule has 10 aromatic carbocycles. The number of aryl methyl sites for hydroxylation is 2. The van der Waals surface area contributed by atoms with Crippen molar-refractivity contribution in [3.63, 3.8) is 0 Å². The highest BCUT2D eigenvalue weighted by molar-refractivity contribution is 6.62. The molecule has 1 aliphatic rings. The Morgan fingerprint density at radius 1 is 0.327 bits per heavy atom. The maximum absolute atomic E-state index is 6.24. The maximum Gasteiger partial charge on any atom is 0.494 e. The van der Waals surface area contributed by atoms with Crippen molar-refractivity contribution in [1.29, 1.82) is 0 Å². The first-order valence-electron chi connectivity index (χ1n) is 32.7. The van der Waals surface area contributed by atoms with Gasteiger partial charge in [-0.3, -0.25) is 0 Å². The zero-order valence-corrected chi connectivity index (χ0v) is 55.7. The molecule has 0 bridgehead atoms. The second-order valence-corrected chi connectivity index (χ2v) is 25.6. The van der Waals surface area contributed by atoms with Gasteiger partial charge in [-0.05, 0) is 81.5 Å². The van der Waals surface area contributed by atoms with Crippen molar-refractivity contribution >= 4 is 56.8 Å². The van der Waals surface area contributed by atoms with Gasteiger partial charge in [0.25, 0.3) is 0 Å². The molecule has 0 radical (unpaired) electrons. The third-order valence-corrected chi connectivity index (χ3v) is 18.5. The molecule has 0 saturated carbocycles. The lowest BCUT2D eigenvalue weighted by Crippen LogP contribution is -2.41. The standard InChI is InChI=1S/C39H27N5.C30H29BN2O2.C15H10ClN3.H2/c1-26-35(43-44-34(27-13-5-2-6-14-27)25-32-19-11-12-20-33(32)36(26)44)28-21-23-31(24-22-28)39-41-37(29-15-7-3-8-16-29)40-38(42-39)30-17-9-4-10-18-30;1-20-27(22-15-17-24(18-16-22)31-34-29(2,3)30(4,5)35-31)32-33-26(21-11-7-6-8-12-21)19-23-13-9-10-14-25(23)28(20)33;16-15-18-13(11-7-3-1-4-8-11)17-14(19-15)12-9-5-2-6-10-12;/h2-25H,1H3;6-19H,1-5H3;1-10H;1H/i;;;1+1. The Kier molecular flexibility index (Phi) is 16.9. The fourth-order valence-corrected chi connectivity index (χ4v) is 12.7. The van der Waals surface area contributed by atoms with Gasteiger partial charge in [0.2, 0.25) is 5.28 Å². The summed E-state index contributed by atoms with van der Waals surface area (Å²) in [5, 5.41) is 15.3. The smallest absolute Gasteiger partial charge is 0.399 e. The summed E-state index contributed by atoms with van der Waals surface area (Å²) < 4.78 is 16.7. The van der Waals surface area contributed by atoms with Crippen LogP contribution in [0.25, 0.3) is 135 Å². The molecule has 17 rings (SSSR count). The fraction of sp³-hybridized carbons (Fsp3) is 0.0952. The van der Waals surface area contributed by atoms with E-state index in [0.29, 0.717) is 29.1 Å². The molecule has 0 spiro atoms. The van der Waals surface area contributed by atoms with Gasteiger partial charge in [0.1, 0.15) is 0 Å². The first kappa shape index (κ1) is 62.5. The number of pyridine rings is 2. The van der Waals surface area contributed by atoms with Gasteiger partial charge >= 0.3 is 7.12 Å². The SMILES string of the molecule is Cc1c(-c2ccc(-c3nc(-c4ccccc4)nc(-c4ccccc4)n3)cc2)nn2c(-c3ccccc3)cc3ccccc3c12.Cc1c(-c2ccc(B3OC(C)(C)C(C)(C)O3)cc2)nn2c(-c3ccccc3)cc3ccccc3c12.Clc1nc(-c2ccccc2)nc(-c2ccccc2)n1.[2HH]. The van der Waals surface area contributed by atoms with Crippen LogP contribution in [0.4, 0.5) is 0 Å². The zero-order valence-electron chi connectivity index (χ0n) is 55.0. The Balaban J connectivity index is 0.000000136. The molecule has 1 aliphatic heterocycles. The molecule has 0 amide bonds. The number of halogens is 1. The third kappa shape index (κ3) is 12.4. The molecule has 0 aliphatic carbocycles. The van der Waals surface area contributed by atoms with Gasteiger partial charge in [0.05, 0.1) is 45.0 Å². The quantitative estimate of drug-likeness (QED) is 0.122. The molecule has 0 N–H and O–H groups in total. The van der Waals surface area contributed by atoms with Crippen LogP contribution >= 0.6 is 11.6 Å². The second kappa shape index (κ2) is 26.5. The van der Waals surface area contributed by atoms with Crippen LogP contribution in [0.5, 0.6) is 0 Å². The monoisotopic (exact) mass is 1300 g/mol. The van der Waals surface area contributed by atoms with Gasteiger partial charge in [-0.25, -0.2) is 29.0 Å². The van der Waals surface area contributed by atoms with Crippen LogP contribution in [0.2, 0.25) is 5.28 Å². The minimum Gasteiger partial charge on any atom is -0.399 e. The number of rotatable bonds is 10. The molecule has 476 valence electrons.